The van der Waals surface area contributed by atoms with E-state index in [1.165, 1.54) is 5.56 Å². The van der Waals surface area contributed by atoms with Crippen LogP contribution < -0.4 is 0 Å². The Morgan fingerprint density at radius 2 is 2.46 bits per heavy atom. The molecule has 3 heteroatoms. The average Bonchev–Trinajstić information content (AvgIpc) is 2.18. The highest BCUT2D eigenvalue weighted by molar-refractivity contribution is 5.29. The fourth-order valence-corrected chi connectivity index (χ4v) is 1.87. The summed E-state index contributed by atoms with van der Waals surface area (Å²) in [6.07, 6.45) is 4.67. The molecule has 1 N–H and O–H groups in total. The van der Waals surface area contributed by atoms with Gasteiger partial charge in [0.2, 0.25) is 0 Å². The summed E-state index contributed by atoms with van der Waals surface area (Å²) in [5, 5.41) is 9.66. The number of aryl methyl sites for hydroxylation is 1. The van der Waals surface area contributed by atoms with E-state index >= 15 is 0 Å². The maximum atomic E-state index is 9.66. The van der Waals surface area contributed by atoms with E-state index in [1.54, 1.807) is 19.5 Å². The van der Waals surface area contributed by atoms with Gasteiger partial charge in [-0.1, -0.05) is 0 Å². The maximum Gasteiger partial charge on any atom is 0.110 e. The summed E-state index contributed by atoms with van der Waals surface area (Å²) in [5.74, 6) is 0. The zero-order valence-corrected chi connectivity index (χ0v) is 7.60. The van der Waals surface area contributed by atoms with Crippen molar-refractivity contribution in [3.63, 3.8) is 0 Å². The van der Waals surface area contributed by atoms with E-state index in [1.807, 2.05) is 6.07 Å². The van der Waals surface area contributed by atoms with Gasteiger partial charge in [0.15, 0.2) is 0 Å². The van der Waals surface area contributed by atoms with E-state index < -0.39 is 0 Å². The van der Waals surface area contributed by atoms with Crippen molar-refractivity contribution in [2.45, 2.75) is 25.0 Å². The molecule has 0 bridgehead atoms. The molecule has 13 heavy (non-hydrogen) atoms. The monoisotopic (exact) mass is 179 g/mol. The topological polar surface area (TPSA) is 42.4 Å². The fourth-order valence-electron chi connectivity index (χ4n) is 1.87. The number of ether oxygens (including phenoxy) is 1. The minimum absolute atomic E-state index is 0.197. The quantitative estimate of drug-likeness (QED) is 0.701. The van der Waals surface area contributed by atoms with E-state index in [2.05, 4.69) is 4.98 Å². The molecule has 0 radical (unpaired) electrons. The second-order valence-electron chi connectivity index (χ2n) is 3.34. The van der Waals surface area contributed by atoms with Crippen LogP contribution in [-0.2, 0) is 11.2 Å². The molecule has 1 aliphatic carbocycles. The molecule has 0 saturated carbocycles. The lowest BCUT2D eigenvalue weighted by atomic mass is 9.89. The zero-order valence-electron chi connectivity index (χ0n) is 7.60. The van der Waals surface area contributed by atoms with Gasteiger partial charge in [0.25, 0.3) is 0 Å². The number of aliphatic hydroxyl groups excluding tert-OH is 1. The summed E-state index contributed by atoms with van der Waals surface area (Å²) in [5.41, 5.74) is 2.27. The summed E-state index contributed by atoms with van der Waals surface area (Å²) in [4.78, 5) is 4.04. The molecule has 0 spiro atoms. The third-order valence-electron chi connectivity index (χ3n) is 2.57. The molecule has 1 aliphatic rings. The predicted octanol–water partition coefficient (Wildman–Crippen LogP) is 1.08. The molecule has 2 rings (SSSR count). The van der Waals surface area contributed by atoms with Gasteiger partial charge >= 0.3 is 0 Å². The Morgan fingerprint density at radius 1 is 1.62 bits per heavy atom. The molecular formula is C10H13NO2. The Hall–Kier alpha value is -0.930. The third kappa shape index (κ3) is 1.45. The Kier molecular flexibility index (Phi) is 2.29. The van der Waals surface area contributed by atoms with Gasteiger partial charge < -0.3 is 9.84 Å². The molecule has 1 heterocycles. The van der Waals surface area contributed by atoms with Gasteiger partial charge in [-0.25, -0.2) is 0 Å². The van der Waals surface area contributed by atoms with Gasteiger partial charge in [0.1, 0.15) is 6.10 Å². The van der Waals surface area contributed by atoms with Crippen molar-refractivity contribution < 1.29 is 9.84 Å². The van der Waals surface area contributed by atoms with Crippen molar-refractivity contribution >= 4 is 0 Å². The van der Waals surface area contributed by atoms with Crippen molar-refractivity contribution in [3.05, 3.63) is 29.6 Å². The Morgan fingerprint density at radius 3 is 3.23 bits per heavy atom. The standard InChI is InChI=1S/C10H13NO2/c1-13-10-8-6-11-5-4-7(8)2-3-9(10)12/h4-6,9-10,12H,2-3H2,1H3/t9-,10-/m0/s1. The van der Waals surface area contributed by atoms with Gasteiger partial charge in [0.05, 0.1) is 6.10 Å². The van der Waals surface area contributed by atoms with Crippen LogP contribution in [0.2, 0.25) is 0 Å². The number of hydrogen-bond acceptors (Lipinski definition) is 3. The smallest absolute Gasteiger partial charge is 0.110 e. The minimum atomic E-state index is -0.387. The largest absolute Gasteiger partial charge is 0.390 e. The first kappa shape index (κ1) is 8.66. The minimum Gasteiger partial charge on any atom is -0.390 e. The number of fused-ring (bicyclic) bond motifs is 1. The summed E-state index contributed by atoms with van der Waals surface area (Å²) >= 11 is 0. The van der Waals surface area contributed by atoms with E-state index in [0.717, 1.165) is 18.4 Å². The summed E-state index contributed by atoms with van der Waals surface area (Å²) in [6, 6.07) is 1.99. The normalized spacial score (nSPS) is 26.9. The zero-order chi connectivity index (χ0) is 9.26. The number of nitrogens with zero attached hydrogens (tertiary/aromatic N) is 1. The number of rotatable bonds is 1. The third-order valence-corrected chi connectivity index (χ3v) is 2.57. The molecule has 0 amide bonds. The first-order valence-corrected chi connectivity index (χ1v) is 4.46. The van der Waals surface area contributed by atoms with Gasteiger partial charge in [-0.05, 0) is 24.5 Å². The predicted molar refractivity (Wildman–Crippen MR) is 48.3 cm³/mol. The highest BCUT2D eigenvalue weighted by Crippen LogP contribution is 2.31. The van der Waals surface area contributed by atoms with E-state index in [4.69, 9.17) is 4.74 Å². The maximum absolute atomic E-state index is 9.66. The van der Waals surface area contributed by atoms with E-state index in [9.17, 15) is 5.11 Å². The number of pyridine rings is 1. The number of aromatic nitrogens is 1. The molecule has 0 aliphatic heterocycles. The molecule has 2 atom stereocenters. The highest BCUT2D eigenvalue weighted by Gasteiger charge is 2.27. The molecule has 0 unspecified atom stereocenters. The lowest BCUT2D eigenvalue weighted by molar-refractivity contribution is -0.0235. The Labute approximate surface area is 77.4 Å². The lowest BCUT2D eigenvalue weighted by Gasteiger charge is -2.28. The van der Waals surface area contributed by atoms with Crippen molar-refractivity contribution in [3.8, 4) is 0 Å². The number of methoxy groups -OCH3 is 1. The number of hydrogen-bond donors (Lipinski definition) is 1. The van der Waals surface area contributed by atoms with Gasteiger partial charge in [-0.2, -0.15) is 0 Å². The summed E-state index contributed by atoms with van der Waals surface area (Å²) in [6.45, 7) is 0. The van der Waals surface area contributed by atoms with Gasteiger partial charge in [0, 0.05) is 25.1 Å². The SMILES string of the molecule is CO[C@H]1c2cnccc2CC[C@@H]1O. The highest BCUT2D eigenvalue weighted by atomic mass is 16.5. The van der Waals surface area contributed by atoms with Crippen molar-refractivity contribution in [1.29, 1.82) is 0 Å². The number of aliphatic hydroxyl groups is 1. The van der Waals surface area contributed by atoms with Crippen molar-refractivity contribution in [1.82, 2.24) is 4.98 Å². The van der Waals surface area contributed by atoms with Gasteiger partial charge in [-0.15, -0.1) is 0 Å². The second-order valence-corrected chi connectivity index (χ2v) is 3.34. The molecule has 0 saturated heterocycles. The first-order chi connectivity index (χ1) is 6.33. The van der Waals surface area contributed by atoms with Crippen LogP contribution in [-0.4, -0.2) is 23.3 Å². The lowest BCUT2D eigenvalue weighted by Crippen LogP contribution is -2.26. The van der Waals surface area contributed by atoms with Crippen LogP contribution in [0.25, 0.3) is 0 Å². The summed E-state index contributed by atoms with van der Waals surface area (Å²) in [7, 11) is 1.62. The van der Waals surface area contributed by atoms with Crippen LogP contribution in [0.4, 0.5) is 0 Å². The molecular weight excluding hydrogens is 166 g/mol. The van der Waals surface area contributed by atoms with E-state index in [-0.39, 0.29) is 12.2 Å². The first-order valence-electron chi connectivity index (χ1n) is 4.46. The van der Waals surface area contributed by atoms with Crippen molar-refractivity contribution in [2.75, 3.05) is 7.11 Å². The van der Waals surface area contributed by atoms with Gasteiger partial charge in [-0.3, -0.25) is 4.98 Å². The van der Waals surface area contributed by atoms with Crippen molar-refractivity contribution in [2.24, 2.45) is 0 Å². The second kappa shape index (κ2) is 3.44. The molecule has 3 nitrogen and oxygen atoms in total. The van der Waals surface area contributed by atoms with Crippen LogP contribution >= 0.6 is 0 Å². The fraction of sp³-hybridized carbons (Fsp3) is 0.500. The molecule has 70 valence electrons. The van der Waals surface area contributed by atoms with Crippen LogP contribution in [0.1, 0.15) is 23.7 Å². The van der Waals surface area contributed by atoms with Crippen LogP contribution in [0.5, 0.6) is 0 Å². The summed E-state index contributed by atoms with van der Waals surface area (Å²) < 4.78 is 5.24. The van der Waals surface area contributed by atoms with Crippen LogP contribution in [0, 0.1) is 0 Å². The molecule has 1 aromatic rings. The van der Waals surface area contributed by atoms with E-state index in [0.29, 0.717) is 0 Å². The van der Waals surface area contributed by atoms with Crippen LogP contribution in [0.3, 0.4) is 0 Å². The average molecular weight is 179 g/mol. The Bertz CT molecular complexity index is 301. The molecule has 0 fully saturated rings. The molecule has 0 aromatic carbocycles. The van der Waals surface area contributed by atoms with Crippen LogP contribution in [0.15, 0.2) is 18.5 Å². The molecule has 1 aromatic heterocycles. The Balaban J connectivity index is 2.39.